The van der Waals surface area contributed by atoms with Crippen LogP contribution in [-0.4, -0.2) is 23.1 Å². The summed E-state index contributed by atoms with van der Waals surface area (Å²) in [5, 5.41) is 14.7. The van der Waals surface area contributed by atoms with Gasteiger partial charge in [-0.15, -0.1) is 0 Å². The SMILES string of the molecule is Cc1ccc(NC(=O)NC(CCC(=O)O)Cc2ccccc2)c(C)c1. The minimum atomic E-state index is -0.866. The van der Waals surface area contributed by atoms with Crippen molar-refractivity contribution in [3.63, 3.8) is 0 Å². The van der Waals surface area contributed by atoms with E-state index in [0.29, 0.717) is 12.8 Å². The van der Waals surface area contributed by atoms with Crippen molar-refractivity contribution < 1.29 is 14.7 Å². The molecule has 1 atom stereocenters. The first-order chi connectivity index (χ1) is 11.9. The van der Waals surface area contributed by atoms with E-state index in [9.17, 15) is 9.59 Å². The van der Waals surface area contributed by atoms with Crippen LogP contribution in [0, 0.1) is 13.8 Å². The molecule has 0 radical (unpaired) electrons. The number of anilines is 1. The van der Waals surface area contributed by atoms with Crippen LogP contribution in [-0.2, 0) is 11.2 Å². The molecule has 0 fully saturated rings. The molecule has 2 aromatic rings. The lowest BCUT2D eigenvalue weighted by Gasteiger charge is -2.19. The maximum Gasteiger partial charge on any atom is 0.319 e. The van der Waals surface area contributed by atoms with E-state index in [1.54, 1.807) is 0 Å². The van der Waals surface area contributed by atoms with Crippen LogP contribution in [0.5, 0.6) is 0 Å². The van der Waals surface area contributed by atoms with Crippen LogP contribution in [0.3, 0.4) is 0 Å². The van der Waals surface area contributed by atoms with Crippen LogP contribution < -0.4 is 10.6 Å². The van der Waals surface area contributed by atoms with Gasteiger partial charge in [-0.05, 0) is 43.9 Å². The molecule has 0 saturated carbocycles. The third-order valence-electron chi connectivity index (χ3n) is 4.00. The van der Waals surface area contributed by atoms with Gasteiger partial charge in [0.05, 0.1) is 0 Å². The first-order valence-electron chi connectivity index (χ1n) is 8.34. The first-order valence-corrected chi connectivity index (χ1v) is 8.34. The van der Waals surface area contributed by atoms with Crippen LogP contribution in [0.2, 0.25) is 0 Å². The molecule has 2 aromatic carbocycles. The second-order valence-electron chi connectivity index (χ2n) is 6.24. The number of hydrogen-bond acceptors (Lipinski definition) is 2. The number of amides is 2. The number of carbonyl (C=O) groups excluding carboxylic acids is 1. The Bertz CT molecular complexity index is 729. The van der Waals surface area contributed by atoms with Crippen LogP contribution in [0.4, 0.5) is 10.5 Å². The molecule has 0 spiro atoms. The topological polar surface area (TPSA) is 78.4 Å². The van der Waals surface area contributed by atoms with E-state index in [1.807, 2.05) is 62.4 Å². The van der Waals surface area contributed by atoms with Crippen LogP contribution in [0.15, 0.2) is 48.5 Å². The number of carbonyl (C=O) groups is 2. The molecule has 3 N–H and O–H groups in total. The fourth-order valence-corrected chi connectivity index (χ4v) is 2.72. The first kappa shape index (κ1) is 18.5. The highest BCUT2D eigenvalue weighted by Crippen LogP contribution is 2.16. The average Bonchev–Trinajstić information content (AvgIpc) is 2.56. The summed E-state index contributed by atoms with van der Waals surface area (Å²) < 4.78 is 0. The average molecular weight is 340 g/mol. The minimum absolute atomic E-state index is 0.0152. The molecular weight excluding hydrogens is 316 g/mol. The summed E-state index contributed by atoms with van der Waals surface area (Å²) in [5.41, 5.74) is 3.93. The summed E-state index contributed by atoms with van der Waals surface area (Å²) >= 11 is 0. The van der Waals surface area contributed by atoms with Crippen molar-refractivity contribution in [3.8, 4) is 0 Å². The smallest absolute Gasteiger partial charge is 0.319 e. The molecule has 25 heavy (non-hydrogen) atoms. The fraction of sp³-hybridized carbons (Fsp3) is 0.300. The van der Waals surface area contributed by atoms with Gasteiger partial charge in [0.25, 0.3) is 0 Å². The van der Waals surface area contributed by atoms with Gasteiger partial charge in [-0.25, -0.2) is 4.79 Å². The number of hydrogen-bond donors (Lipinski definition) is 3. The number of carboxylic acid groups (broad SMARTS) is 1. The molecule has 2 amide bonds. The van der Waals surface area contributed by atoms with Gasteiger partial charge in [-0.1, -0.05) is 48.0 Å². The third-order valence-corrected chi connectivity index (χ3v) is 4.00. The Labute approximate surface area is 148 Å². The Balaban J connectivity index is 2.01. The summed E-state index contributed by atoms with van der Waals surface area (Å²) in [4.78, 5) is 23.2. The largest absolute Gasteiger partial charge is 0.481 e. The van der Waals surface area contributed by atoms with E-state index in [4.69, 9.17) is 5.11 Å². The molecule has 5 heteroatoms. The Morgan fingerprint density at radius 3 is 2.44 bits per heavy atom. The lowest BCUT2D eigenvalue weighted by molar-refractivity contribution is -0.137. The maximum absolute atomic E-state index is 12.3. The standard InChI is InChI=1S/C20H24N2O3/c1-14-8-10-18(15(2)12-14)22-20(25)21-17(9-11-19(23)24)13-16-6-4-3-5-7-16/h3-8,10,12,17H,9,11,13H2,1-2H3,(H,23,24)(H2,21,22,25). The van der Waals surface area contributed by atoms with Gasteiger partial charge in [0.1, 0.15) is 0 Å². The Morgan fingerprint density at radius 2 is 1.80 bits per heavy atom. The van der Waals surface area contributed by atoms with Gasteiger partial charge in [0.2, 0.25) is 0 Å². The van der Waals surface area contributed by atoms with Crippen LogP contribution in [0.1, 0.15) is 29.5 Å². The van der Waals surface area contributed by atoms with Crippen LogP contribution in [0.25, 0.3) is 0 Å². The van der Waals surface area contributed by atoms with E-state index in [1.165, 1.54) is 0 Å². The zero-order valence-corrected chi connectivity index (χ0v) is 14.6. The maximum atomic E-state index is 12.3. The van der Waals surface area contributed by atoms with E-state index >= 15 is 0 Å². The zero-order valence-electron chi connectivity index (χ0n) is 14.6. The fourth-order valence-electron chi connectivity index (χ4n) is 2.72. The molecule has 0 aromatic heterocycles. The number of carboxylic acids is 1. The molecule has 0 aliphatic heterocycles. The highest BCUT2D eigenvalue weighted by atomic mass is 16.4. The van der Waals surface area contributed by atoms with Gasteiger partial charge >= 0.3 is 12.0 Å². The summed E-state index contributed by atoms with van der Waals surface area (Å²) in [6, 6.07) is 15.0. The van der Waals surface area contributed by atoms with Gasteiger partial charge in [0.15, 0.2) is 0 Å². The molecule has 0 aliphatic carbocycles. The van der Waals surface area contributed by atoms with Crippen molar-refractivity contribution >= 4 is 17.7 Å². The number of aryl methyl sites for hydroxylation is 2. The predicted octanol–water partition coefficient (Wildman–Crippen LogP) is 3.90. The van der Waals surface area contributed by atoms with Gasteiger partial charge in [-0.3, -0.25) is 4.79 Å². The van der Waals surface area contributed by atoms with E-state index in [0.717, 1.165) is 22.4 Å². The number of rotatable bonds is 7. The molecule has 5 nitrogen and oxygen atoms in total. The van der Waals surface area contributed by atoms with Crippen molar-refractivity contribution in [2.75, 3.05) is 5.32 Å². The highest BCUT2D eigenvalue weighted by molar-refractivity contribution is 5.90. The summed E-state index contributed by atoms with van der Waals surface area (Å²) in [6.07, 6.45) is 0.986. The number of aliphatic carboxylic acids is 1. The molecule has 0 bridgehead atoms. The Kier molecular flexibility index (Phi) is 6.57. The molecule has 2 rings (SSSR count). The highest BCUT2D eigenvalue weighted by Gasteiger charge is 2.15. The second-order valence-corrected chi connectivity index (χ2v) is 6.24. The number of urea groups is 1. The lowest BCUT2D eigenvalue weighted by atomic mass is 10.0. The Morgan fingerprint density at radius 1 is 1.08 bits per heavy atom. The van der Waals surface area contributed by atoms with Crippen molar-refractivity contribution in [3.05, 3.63) is 65.2 Å². The van der Waals surface area contributed by atoms with Crippen molar-refractivity contribution in [2.45, 2.75) is 39.2 Å². The van der Waals surface area contributed by atoms with Crippen molar-refractivity contribution in [1.82, 2.24) is 5.32 Å². The summed E-state index contributed by atoms with van der Waals surface area (Å²) in [6.45, 7) is 3.94. The minimum Gasteiger partial charge on any atom is -0.481 e. The van der Waals surface area contributed by atoms with Crippen molar-refractivity contribution in [1.29, 1.82) is 0 Å². The predicted molar refractivity (Wildman–Crippen MR) is 98.9 cm³/mol. The summed E-state index contributed by atoms with van der Waals surface area (Å²) in [7, 11) is 0. The van der Waals surface area contributed by atoms with Gasteiger partial charge < -0.3 is 15.7 Å². The summed E-state index contributed by atoms with van der Waals surface area (Å²) in [5.74, 6) is -0.866. The third kappa shape index (κ3) is 6.30. The van der Waals surface area contributed by atoms with Gasteiger partial charge in [-0.2, -0.15) is 0 Å². The monoisotopic (exact) mass is 340 g/mol. The number of nitrogens with one attached hydrogen (secondary N) is 2. The molecule has 0 heterocycles. The van der Waals surface area contributed by atoms with Crippen molar-refractivity contribution in [2.24, 2.45) is 0 Å². The molecule has 132 valence electrons. The lowest BCUT2D eigenvalue weighted by Crippen LogP contribution is -2.39. The number of benzene rings is 2. The molecular formula is C20H24N2O3. The van der Waals surface area contributed by atoms with E-state index in [2.05, 4.69) is 10.6 Å². The molecule has 1 unspecified atom stereocenters. The van der Waals surface area contributed by atoms with E-state index in [-0.39, 0.29) is 18.5 Å². The Hall–Kier alpha value is -2.82. The second kappa shape index (κ2) is 8.87. The van der Waals surface area contributed by atoms with Crippen LogP contribution >= 0.6 is 0 Å². The zero-order chi connectivity index (χ0) is 18.2. The van der Waals surface area contributed by atoms with Gasteiger partial charge in [0, 0.05) is 18.2 Å². The van der Waals surface area contributed by atoms with E-state index < -0.39 is 5.97 Å². The normalized spacial score (nSPS) is 11.6. The quantitative estimate of drug-likeness (QED) is 0.715. The molecule has 0 saturated heterocycles. The molecule has 0 aliphatic rings.